The van der Waals surface area contributed by atoms with Crippen molar-refractivity contribution in [1.29, 1.82) is 0 Å². The number of hydrogen-bond donors (Lipinski definition) is 1. The minimum absolute atomic E-state index is 0.197. The molecule has 0 bridgehead atoms. The van der Waals surface area contributed by atoms with E-state index < -0.39 is 0 Å². The van der Waals surface area contributed by atoms with Gasteiger partial charge < -0.3 is 15.4 Å². The number of nitrogens with zero attached hydrogens (tertiary/aromatic N) is 8. The van der Waals surface area contributed by atoms with E-state index in [9.17, 15) is 0 Å². The molecule has 10 nitrogen and oxygen atoms in total. The van der Waals surface area contributed by atoms with Crippen LogP contribution < -0.4 is 10.8 Å². The topological polar surface area (TPSA) is 136 Å². The molecule has 3 heterocycles. The number of aromatic nitrogens is 8. The van der Waals surface area contributed by atoms with Crippen LogP contribution in [0.25, 0.3) is 33.9 Å². The van der Waals surface area contributed by atoms with Crippen LogP contribution in [0.3, 0.4) is 0 Å². The molecule has 0 unspecified atom stereocenters. The summed E-state index contributed by atoms with van der Waals surface area (Å²) in [6.45, 7) is 0.539. The van der Waals surface area contributed by atoms with E-state index in [0.29, 0.717) is 23.9 Å². The number of tetrazole rings is 1. The van der Waals surface area contributed by atoms with Gasteiger partial charge in [0.05, 0.1) is 11.0 Å². The van der Waals surface area contributed by atoms with Crippen LogP contribution in [0.4, 0.5) is 5.82 Å². The lowest BCUT2D eigenvalue weighted by molar-refractivity contribution is 0.310. The van der Waals surface area contributed by atoms with Crippen molar-refractivity contribution in [2.24, 2.45) is 0 Å². The minimum atomic E-state index is 0.197. The van der Waals surface area contributed by atoms with Gasteiger partial charge in [0, 0.05) is 12.4 Å². The molecule has 5 rings (SSSR count). The maximum absolute atomic E-state index is 5.89. The van der Waals surface area contributed by atoms with Crippen molar-refractivity contribution in [1.82, 2.24) is 40.5 Å². The van der Waals surface area contributed by atoms with Crippen molar-refractivity contribution >= 4 is 16.9 Å². The Kier molecular flexibility index (Phi) is 3.39. The predicted octanol–water partition coefficient (Wildman–Crippen LogP) is 1.53. The lowest BCUT2D eigenvalue weighted by Crippen LogP contribution is -2.04. The fourth-order valence-corrected chi connectivity index (χ4v) is 3.02. The zero-order valence-electron chi connectivity index (χ0n) is 13.9. The van der Waals surface area contributed by atoms with E-state index in [1.165, 1.54) is 0 Å². The number of rotatable bonds is 4. The van der Waals surface area contributed by atoms with Gasteiger partial charge in [0.2, 0.25) is 0 Å². The Bertz CT molecular complexity index is 1220. The average molecular weight is 358 g/mol. The lowest BCUT2D eigenvalue weighted by Gasteiger charge is -2.10. The Balaban J connectivity index is 1.63. The van der Waals surface area contributed by atoms with E-state index in [0.717, 1.165) is 22.2 Å². The molecule has 0 radical (unpaired) electrons. The molecule has 2 N–H and O–H groups in total. The number of fused-ring (bicyclic) bond motifs is 1. The number of hydrogen-bond acceptors (Lipinski definition) is 8. The molecule has 27 heavy (non-hydrogen) atoms. The summed E-state index contributed by atoms with van der Waals surface area (Å²) >= 11 is 0. The highest BCUT2D eigenvalue weighted by Crippen LogP contribution is 2.28. The second-order valence-electron chi connectivity index (χ2n) is 5.91. The number of benzene rings is 2. The molecule has 0 saturated carbocycles. The third-order valence-electron chi connectivity index (χ3n) is 4.23. The molecule has 0 aliphatic carbocycles. The van der Waals surface area contributed by atoms with Crippen LogP contribution in [0, 0.1) is 0 Å². The Morgan fingerprint density at radius 1 is 1.07 bits per heavy atom. The van der Waals surface area contributed by atoms with Gasteiger partial charge in [0.15, 0.2) is 17.3 Å². The van der Waals surface area contributed by atoms with Crippen LogP contribution >= 0.6 is 0 Å². The molecule has 0 amide bonds. The van der Waals surface area contributed by atoms with E-state index in [2.05, 4.69) is 35.9 Å². The molecule has 10 heteroatoms. The van der Waals surface area contributed by atoms with Crippen molar-refractivity contribution in [3.8, 4) is 22.9 Å². The van der Waals surface area contributed by atoms with Gasteiger partial charge in [-0.2, -0.15) is 5.21 Å². The second-order valence-corrected chi connectivity index (χ2v) is 5.91. The maximum Gasteiger partial charge on any atom is 0.199 e. The summed E-state index contributed by atoms with van der Waals surface area (Å²) in [4.78, 5) is 4.66. The Morgan fingerprint density at radius 3 is 2.81 bits per heavy atom. The standard InChI is InChI=1S/C17H12N9O/c18-15-14(22-27-23-15)17-19-12-6-1-2-7-13(12)26(17)9-10-4-3-5-11(8-10)16-20-24-25-21-16/h1-8H,9H2,(H2-,18,20,21,23,24,25)/q-1. The van der Waals surface area contributed by atoms with Crippen molar-refractivity contribution in [3.05, 3.63) is 54.1 Å². The first-order chi connectivity index (χ1) is 13.3. The Morgan fingerprint density at radius 2 is 2.00 bits per heavy atom. The summed E-state index contributed by atoms with van der Waals surface area (Å²) in [7, 11) is 0. The van der Waals surface area contributed by atoms with E-state index in [-0.39, 0.29) is 5.82 Å². The number of nitrogen functional groups attached to an aromatic ring is 1. The first-order valence-corrected chi connectivity index (χ1v) is 8.11. The van der Waals surface area contributed by atoms with Gasteiger partial charge in [-0.1, -0.05) is 30.3 Å². The zero-order chi connectivity index (χ0) is 18.2. The molecule has 2 aromatic carbocycles. The number of para-hydroxylation sites is 2. The second kappa shape index (κ2) is 6.02. The molecule has 0 saturated heterocycles. The SMILES string of the molecule is Nc1nonc1-c1nc2ccccc2n1Cc1cccc(-c2nnn[n-]2)c1. The summed E-state index contributed by atoms with van der Waals surface area (Å²) < 4.78 is 6.78. The van der Waals surface area contributed by atoms with Crippen molar-refractivity contribution in [2.75, 3.05) is 5.73 Å². The molecule has 0 atom stereocenters. The Hall–Kier alpha value is -4.08. The normalized spacial score (nSPS) is 11.3. The molecule has 132 valence electrons. The molecule has 3 aromatic heterocycles. The minimum Gasteiger partial charge on any atom is -0.379 e. The quantitative estimate of drug-likeness (QED) is 0.507. The van der Waals surface area contributed by atoms with Gasteiger partial charge in [-0.05, 0) is 39.6 Å². The summed E-state index contributed by atoms with van der Waals surface area (Å²) in [5, 5.41) is 22.5. The summed E-state index contributed by atoms with van der Waals surface area (Å²) in [6, 6.07) is 15.7. The fourth-order valence-electron chi connectivity index (χ4n) is 3.02. The molecule has 0 aliphatic rings. The molecule has 0 fully saturated rings. The highest BCUT2D eigenvalue weighted by Gasteiger charge is 2.19. The monoisotopic (exact) mass is 358 g/mol. The van der Waals surface area contributed by atoms with Crippen LogP contribution in [-0.2, 0) is 6.54 Å². The first-order valence-electron chi connectivity index (χ1n) is 8.11. The van der Waals surface area contributed by atoms with E-state index >= 15 is 0 Å². The third-order valence-corrected chi connectivity index (χ3v) is 4.23. The number of anilines is 1. The summed E-state index contributed by atoms with van der Waals surface area (Å²) in [5.41, 5.74) is 9.95. The van der Waals surface area contributed by atoms with E-state index in [4.69, 9.17) is 10.4 Å². The molecular weight excluding hydrogens is 346 g/mol. The number of imidazole rings is 1. The fraction of sp³-hybridized carbons (Fsp3) is 0.0588. The number of nitrogens with two attached hydrogens (primary N) is 1. The van der Waals surface area contributed by atoms with Crippen molar-refractivity contribution in [2.45, 2.75) is 6.54 Å². The zero-order valence-corrected chi connectivity index (χ0v) is 13.9. The predicted molar refractivity (Wildman–Crippen MR) is 95.1 cm³/mol. The van der Waals surface area contributed by atoms with E-state index in [1.807, 2.05) is 53.1 Å². The largest absolute Gasteiger partial charge is 0.379 e. The van der Waals surface area contributed by atoms with Gasteiger partial charge in [0.25, 0.3) is 0 Å². The average Bonchev–Trinajstić information content (AvgIpc) is 3.43. The van der Waals surface area contributed by atoms with Crippen LogP contribution in [-0.4, -0.2) is 35.4 Å². The van der Waals surface area contributed by atoms with Gasteiger partial charge in [0.1, 0.15) is 0 Å². The van der Waals surface area contributed by atoms with E-state index in [1.54, 1.807) is 0 Å². The highest BCUT2D eigenvalue weighted by molar-refractivity contribution is 5.81. The molecular formula is C17H12N9O-. The van der Waals surface area contributed by atoms with Gasteiger partial charge in [-0.3, -0.25) is 10.3 Å². The van der Waals surface area contributed by atoms with Gasteiger partial charge >= 0.3 is 0 Å². The van der Waals surface area contributed by atoms with Crippen LogP contribution in [0.1, 0.15) is 5.56 Å². The van der Waals surface area contributed by atoms with Gasteiger partial charge in [-0.15, -0.1) is 0 Å². The lowest BCUT2D eigenvalue weighted by atomic mass is 10.1. The smallest absolute Gasteiger partial charge is 0.199 e. The highest BCUT2D eigenvalue weighted by atomic mass is 16.6. The van der Waals surface area contributed by atoms with Crippen LogP contribution in [0.15, 0.2) is 53.2 Å². The summed E-state index contributed by atoms with van der Waals surface area (Å²) in [5.74, 6) is 1.27. The maximum atomic E-state index is 5.89. The van der Waals surface area contributed by atoms with Crippen molar-refractivity contribution in [3.63, 3.8) is 0 Å². The molecule has 0 aliphatic heterocycles. The Labute approximate surface area is 152 Å². The first kappa shape index (κ1) is 15.2. The van der Waals surface area contributed by atoms with Gasteiger partial charge in [-0.25, -0.2) is 9.61 Å². The third kappa shape index (κ3) is 2.59. The molecule has 0 spiro atoms. The van der Waals surface area contributed by atoms with Crippen LogP contribution in [0.5, 0.6) is 0 Å². The van der Waals surface area contributed by atoms with Crippen LogP contribution in [0.2, 0.25) is 0 Å². The summed E-state index contributed by atoms with van der Waals surface area (Å²) in [6.07, 6.45) is 0. The molecule has 5 aromatic rings. The van der Waals surface area contributed by atoms with Crippen molar-refractivity contribution < 1.29 is 4.63 Å².